The molecule has 1 rings (SSSR count). The molecular formula is C12H21N3O. The molecule has 0 unspecified atom stereocenters. The molecule has 0 fully saturated rings. The zero-order chi connectivity index (χ0) is 12.3. The second kappa shape index (κ2) is 4.78. The van der Waals surface area contributed by atoms with Gasteiger partial charge in [0.05, 0.1) is 5.54 Å². The van der Waals surface area contributed by atoms with Crippen LogP contribution in [0.15, 0.2) is 12.4 Å². The second-order valence-electron chi connectivity index (χ2n) is 4.83. The van der Waals surface area contributed by atoms with E-state index in [4.69, 9.17) is 0 Å². The van der Waals surface area contributed by atoms with Crippen LogP contribution >= 0.6 is 0 Å². The number of ketones is 1. The number of rotatable bonds is 5. The van der Waals surface area contributed by atoms with Gasteiger partial charge < -0.3 is 4.57 Å². The van der Waals surface area contributed by atoms with Crippen LogP contribution in [0.25, 0.3) is 0 Å². The molecule has 0 saturated heterocycles. The van der Waals surface area contributed by atoms with Crippen LogP contribution in [-0.2, 0) is 18.3 Å². The predicted octanol–water partition coefficient (Wildman–Crippen LogP) is 1.26. The van der Waals surface area contributed by atoms with E-state index in [2.05, 4.69) is 4.98 Å². The zero-order valence-electron chi connectivity index (χ0n) is 10.8. The Balaban J connectivity index is 2.57. The summed E-state index contributed by atoms with van der Waals surface area (Å²) in [7, 11) is 5.81. The molecule has 4 nitrogen and oxygen atoms in total. The molecule has 0 saturated carbocycles. The zero-order valence-corrected chi connectivity index (χ0v) is 10.8. The lowest BCUT2D eigenvalue weighted by molar-refractivity contribution is -0.127. The van der Waals surface area contributed by atoms with Crippen LogP contribution in [0.1, 0.15) is 26.1 Å². The Morgan fingerprint density at radius 1 is 1.50 bits per heavy atom. The van der Waals surface area contributed by atoms with Gasteiger partial charge in [0.2, 0.25) is 0 Å². The molecule has 0 radical (unpaired) electrons. The highest BCUT2D eigenvalue weighted by Gasteiger charge is 2.29. The van der Waals surface area contributed by atoms with Crippen LogP contribution in [0.5, 0.6) is 0 Å². The monoisotopic (exact) mass is 223 g/mol. The normalized spacial score (nSPS) is 12.1. The molecule has 0 spiro atoms. The van der Waals surface area contributed by atoms with Gasteiger partial charge in [-0.2, -0.15) is 0 Å². The first-order chi connectivity index (χ1) is 7.35. The van der Waals surface area contributed by atoms with Crippen molar-refractivity contribution < 1.29 is 4.79 Å². The molecule has 0 amide bonds. The minimum atomic E-state index is -0.398. The van der Waals surface area contributed by atoms with Gasteiger partial charge in [-0.05, 0) is 27.9 Å². The van der Waals surface area contributed by atoms with E-state index >= 15 is 0 Å². The third kappa shape index (κ3) is 2.70. The molecular weight excluding hydrogens is 202 g/mol. The Morgan fingerprint density at radius 3 is 2.56 bits per heavy atom. The molecule has 0 aliphatic rings. The number of carbonyl (C=O) groups is 1. The number of hydrogen-bond donors (Lipinski definition) is 0. The standard InChI is InChI=1S/C12H21N3O/c1-12(2,14(3)4)10(16)6-7-11-13-8-9-15(11)5/h8-9H,6-7H2,1-5H3. The summed E-state index contributed by atoms with van der Waals surface area (Å²) in [5.74, 6) is 1.21. The molecule has 1 heterocycles. The van der Waals surface area contributed by atoms with Crippen LogP contribution in [0, 0.1) is 0 Å². The summed E-state index contributed by atoms with van der Waals surface area (Å²) in [6.07, 6.45) is 4.91. The summed E-state index contributed by atoms with van der Waals surface area (Å²) in [4.78, 5) is 18.2. The number of imidazole rings is 1. The van der Waals surface area contributed by atoms with Gasteiger partial charge in [-0.1, -0.05) is 0 Å². The van der Waals surface area contributed by atoms with E-state index in [-0.39, 0.29) is 5.78 Å². The first kappa shape index (κ1) is 12.9. The lowest BCUT2D eigenvalue weighted by atomic mass is 9.94. The average Bonchev–Trinajstić information content (AvgIpc) is 2.60. The van der Waals surface area contributed by atoms with Crippen molar-refractivity contribution in [3.8, 4) is 0 Å². The minimum absolute atomic E-state index is 0.250. The summed E-state index contributed by atoms with van der Waals surface area (Å²) < 4.78 is 1.95. The number of hydrogen-bond acceptors (Lipinski definition) is 3. The maximum Gasteiger partial charge on any atom is 0.152 e. The van der Waals surface area contributed by atoms with Gasteiger partial charge >= 0.3 is 0 Å². The van der Waals surface area contributed by atoms with E-state index in [0.717, 1.165) is 5.82 Å². The van der Waals surface area contributed by atoms with E-state index < -0.39 is 5.54 Å². The molecule has 1 aromatic heterocycles. The van der Waals surface area contributed by atoms with Crippen molar-refractivity contribution in [2.75, 3.05) is 14.1 Å². The van der Waals surface area contributed by atoms with E-state index in [1.54, 1.807) is 6.20 Å². The smallest absolute Gasteiger partial charge is 0.152 e. The largest absolute Gasteiger partial charge is 0.338 e. The van der Waals surface area contributed by atoms with Gasteiger partial charge in [0, 0.05) is 32.3 Å². The van der Waals surface area contributed by atoms with Crippen molar-refractivity contribution in [3.63, 3.8) is 0 Å². The van der Waals surface area contributed by atoms with E-state index in [9.17, 15) is 4.79 Å². The number of aryl methyl sites for hydroxylation is 2. The molecule has 90 valence electrons. The first-order valence-electron chi connectivity index (χ1n) is 5.52. The first-order valence-corrected chi connectivity index (χ1v) is 5.52. The fourth-order valence-corrected chi connectivity index (χ4v) is 1.42. The van der Waals surface area contributed by atoms with E-state index in [0.29, 0.717) is 12.8 Å². The lowest BCUT2D eigenvalue weighted by Gasteiger charge is -2.30. The lowest BCUT2D eigenvalue weighted by Crippen LogP contribution is -2.45. The molecule has 16 heavy (non-hydrogen) atoms. The highest BCUT2D eigenvalue weighted by atomic mass is 16.1. The van der Waals surface area contributed by atoms with E-state index in [1.807, 2.05) is 50.7 Å². The third-order valence-electron chi connectivity index (χ3n) is 3.30. The van der Waals surface area contributed by atoms with Crippen LogP contribution in [-0.4, -0.2) is 39.9 Å². The molecule has 0 atom stereocenters. The third-order valence-corrected chi connectivity index (χ3v) is 3.30. The van der Waals surface area contributed by atoms with Gasteiger partial charge in [-0.15, -0.1) is 0 Å². The Hall–Kier alpha value is -1.16. The molecule has 0 aromatic carbocycles. The number of aromatic nitrogens is 2. The molecule has 0 aliphatic heterocycles. The topological polar surface area (TPSA) is 38.1 Å². The highest BCUT2D eigenvalue weighted by Crippen LogP contribution is 2.15. The minimum Gasteiger partial charge on any atom is -0.338 e. The Kier molecular flexibility index (Phi) is 3.86. The SMILES string of the molecule is CN(C)C(C)(C)C(=O)CCc1nccn1C. The molecule has 0 N–H and O–H groups in total. The number of Topliss-reactive ketones (excluding diaryl/α,β-unsaturated/α-hetero) is 1. The summed E-state index contributed by atoms with van der Waals surface area (Å²) in [5, 5.41) is 0. The molecule has 0 aliphatic carbocycles. The summed E-state index contributed by atoms with van der Waals surface area (Å²) in [5.41, 5.74) is -0.398. The summed E-state index contributed by atoms with van der Waals surface area (Å²) in [6.45, 7) is 3.90. The Bertz CT molecular complexity index is 366. The Morgan fingerprint density at radius 2 is 2.12 bits per heavy atom. The maximum absolute atomic E-state index is 12.0. The summed E-state index contributed by atoms with van der Waals surface area (Å²) in [6, 6.07) is 0. The van der Waals surface area contributed by atoms with Crippen molar-refractivity contribution in [3.05, 3.63) is 18.2 Å². The quantitative estimate of drug-likeness (QED) is 0.754. The summed E-state index contributed by atoms with van der Waals surface area (Å²) >= 11 is 0. The molecule has 1 aromatic rings. The average molecular weight is 223 g/mol. The van der Waals surface area contributed by atoms with Crippen molar-refractivity contribution in [2.24, 2.45) is 7.05 Å². The number of carbonyl (C=O) groups excluding carboxylic acids is 1. The maximum atomic E-state index is 12.0. The van der Waals surface area contributed by atoms with Gasteiger partial charge in [0.25, 0.3) is 0 Å². The van der Waals surface area contributed by atoms with Gasteiger partial charge in [0.15, 0.2) is 5.78 Å². The number of likely N-dealkylation sites (N-methyl/N-ethyl adjacent to an activating group) is 1. The van der Waals surface area contributed by atoms with Crippen LogP contribution < -0.4 is 0 Å². The fourth-order valence-electron chi connectivity index (χ4n) is 1.42. The van der Waals surface area contributed by atoms with E-state index in [1.165, 1.54) is 0 Å². The highest BCUT2D eigenvalue weighted by molar-refractivity contribution is 5.87. The molecule has 4 heteroatoms. The number of nitrogens with zero attached hydrogens (tertiary/aromatic N) is 3. The fraction of sp³-hybridized carbons (Fsp3) is 0.667. The Labute approximate surface area is 97.3 Å². The van der Waals surface area contributed by atoms with Crippen LogP contribution in [0.2, 0.25) is 0 Å². The van der Waals surface area contributed by atoms with Crippen LogP contribution in [0.4, 0.5) is 0 Å². The van der Waals surface area contributed by atoms with Gasteiger partial charge in [0.1, 0.15) is 5.82 Å². The second-order valence-corrected chi connectivity index (χ2v) is 4.83. The van der Waals surface area contributed by atoms with Crippen molar-refractivity contribution in [1.29, 1.82) is 0 Å². The predicted molar refractivity (Wildman–Crippen MR) is 64.3 cm³/mol. The van der Waals surface area contributed by atoms with Gasteiger partial charge in [-0.25, -0.2) is 4.98 Å². The van der Waals surface area contributed by atoms with Gasteiger partial charge in [-0.3, -0.25) is 9.69 Å². The van der Waals surface area contributed by atoms with Crippen molar-refractivity contribution >= 4 is 5.78 Å². The van der Waals surface area contributed by atoms with Crippen LogP contribution in [0.3, 0.4) is 0 Å². The van der Waals surface area contributed by atoms with Crippen molar-refractivity contribution in [2.45, 2.75) is 32.2 Å². The molecule has 0 bridgehead atoms. The van der Waals surface area contributed by atoms with Crippen molar-refractivity contribution in [1.82, 2.24) is 14.5 Å².